The van der Waals surface area contributed by atoms with Gasteiger partial charge in [-0.15, -0.1) is 0 Å². The summed E-state index contributed by atoms with van der Waals surface area (Å²) < 4.78 is 157. The molecule has 5 heteroatoms. The van der Waals surface area contributed by atoms with Crippen LogP contribution in [0.15, 0.2) is 48.4 Å². The van der Waals surface area contributed by atoms with E-state index in [1.807, 2.05) is 0 Å². The standard InChI is InChI=1S/C25H37NO4/c27-20-23-18-22(13-14-24(23)28)25(29)19-26-15-7-1-2-8-16-30-17-9-6-12-21-10-4-3-5-11-21/h3-5,10-11,13-14,18,25-29H,1-2,6-9,12,15-17,19-20H2/i3D,6D2,9D2,10D,11D,12D2,13D,14D,15D2,16D2,18D,20D2,25D. The SMILES string of the molecule is [2H]c1cc([2H])c(C([2H])([2H])C([2H])([2H])C([2H])([2H])COC([2H])([2H])CCCCC([2H])([2H])NCC([2H])(O)c2c([2H])c([2H])c(O)c(C([2H])([2H])O)c2[2H])c([2H])c1. The lowest BCUT2D eigenvalue weighted by Crippen LogP contribution is -2.22. The molecule has 4 N–H and O–H groups in total. The lowest BCUT2D eigenvalue weighted by molar-refractivity contribution is 0.126. The topological polar surface area (TPSA) is 82.0 Å². The van der Waals surface area contributed by atoms with Crippen LogP contribution in [0.1, 0.15) is 87.2 Å². The highest BCUT2D eigenvalue weighted by atomic mass is 16.5. The number of ether oxygens (including phenoxy) is 1. The van der Waals surface area contributed by atoms with Gasteiger partial charge in [0.1, 0.15) is 5.75 Å². The van der Waals surface area contributed by atoms with Gasteiger partial charge in [-0.25, -0.2) is 0 Å². The van der Waals surface area contributed by atoms with Crippen LogP contribution < -0.4 is 5.32 Å². The Bertz CT molecular complexity index is 1490. The molecule has 1 atom stereocenters. The summed E-state index contributed by atoms with van der Waals surface area (Å²) in [6.07, 6.45) is -14.0. The molecule has 0 radical (unpaired) electrons. The zero-order valence-corrected chi connectivity index (χ0v) is 16.1. The predicted molar refractivity (Wildman–Crippen MR) is 121 cm³/mol. The first kappa shape index (κ1) is 8.91. The van der Waals surface area contributed by atoms with Gasteiger partial charge in [0.05, 0.1) is 27.7 Å². The van der Waals surface area contributed by atoms with Gasteiger partial charge in [-0.05, 0) is 61.7 Å². The van der Waals surface area contributed by atoms with Gasteiger partial charge in [0.15, 0.2) is 0 Å². The molecule has 0 aliphatic heterocycles. The zero-order valence-electron chi connectivity index (χ0n) is 35.1. The maximum absolute atomic E-state index is 10.7. The van der Waals surface area contributed by atoms with Crippen molar-refractivity contribution in [3.8, 4) is 5.75 Å². The maximum atomic E-state index is 10.7. The fourth-order valence-corrected chi connectivity index (χ4v) is 2.04. The van der Waals surface area contributed by atoms with Gasteiger partial charge in [-0.3, -0.25) is 0 Å². The van der Waals surface area contributed by atoms with E-state index in [9.17, 15) is 15.3 Å². The number of aliphatic hydroxyl groups is 2. The van der Waals surface area contributed by atoms with E-state index in [0.717, 1.165) is 12.1 Å². The minimum atomic E-state index is -3.46. The van der Waals surface area contributed by atoms with E-state index in [0.29, 0.717) is 0 Å². The van der Waals surface area contributed by atoms with Gasteiger partial charge in [-0.2, -0.15) is 0 Å². The molecule has 0 amide bonds. The van der Waals surface area contributed by atoms with Gasteiger partial charge in [0.2, 0.25) is 0 Å². The number of rotatable bonds is 16. The van der Waals surface area contributed by atoms with E-state index in [1.165, 1.54) is 0 Å². The summed E-state index contributed by atoms with van der Waals surface area (Å²) in [7, 11) is 0. The molecule has 0 bridgehead atoms. The summed E-state index contributed by atoms with van der Waals surface area (Å²) >= 11 is 0. The molecule has 0 fully saturated rings. The average Bonchev–Trinajstić information content (AvgIpc) is 2.90. The van der Waals surface area contributed by atoms with Crippen LogP contribution in [0.4, 0.5) is 0 Å². The van der Waals surface area contributed by atoms with Crippen LogP contribution in [0, 0.1) is 0 Å². The molecule has 5 nitrogen and oxygen atoms in total. The summed E-state index contributed by atoms with van der Waals surface area (Å²) in [4.78, 5) is 0. The third-order valence-corrected chi connectivity index (χ3v) is 3.53. The van der Waals surface area contributed by atoms with Crippen LogP contribution in [0.25, 0.3) is 0 Å². The monoisotopic (exact) mass is 434 g/mol. The number of hydrogen-bond acceptors (Lipinski definition) is 5. The molecule has 2 aromatic carbocycles. The van der Waals surface area contributed by atoms with Gasteiger partial charge < -0.3 is 25.4 Å². The molecule has 1 unspecified atom stereocenters. The van der Waals surface area contributed by atoms with Crippen LogP contribution in [0.2, 0.25) is 0 Å². The second-order valence-corrected chi connectivity index (χ2v) is 5.75. The van der Waals surface area contributed by atoms with Crippen LogP contribution in [0.5, 0.6) is 5.75 Å². The van der Waals surface area contributed by atoms with E-state index in [2.05, 4.69) is 5.32 Å². The first-order chi connectivity index (χ1) is 21.8. The number of hydrogen-bond donors (Lipinski definition) is 4. The molecular formula is C25H37NO4. The molecule has 2 aromatic rings. The van der Waals surface area contributed by atoms with E-state index in [-0.39, 0.29) is 25.3 Å². The number of nitrogens with one attached hydrogen (secondary N) is 1. The first-order valence-corrected chi connectivity index (χ1v) is 9.09. The van der Waals surface area contributed by atoms with E-state index >= 15 is 0 Å². The number of phenols is 1. The van der Waals surface area contributed by atoms with Gasteiger partial charge >= 0.3 is 0 Å². The normalized spacial score (nSPS) is 25.3. The van der Waals surface area contributed by atoms with Gasteiger partial charge in [-0.1, -0.05) is 49.1 Å². The Labute approximate surface area is 207 Å². The van der Waals surface area contributed by atoms with Crippen molar-refractivity contribution in [3.05, 3.63) is 65.1 Å². The fraction of sp³-hybridized carbons (Fsp3) is 0.520. The molecule has 0 spiro atoms. The molecule has 0 saturated carbocycles. The molecule has 0 heterocycles. The summed E-state index contributed by atoms with van der Waals surface area (Å²) in [5.74, 6) is -1.24. The zero-order chi connectivity index (χ0) is 38.3. The summed E-state index contributed by atoms with van der Waals surface area (Å²) in [6, 6.07) is -3.20. The van der Waals surface area contributed by atoms with Crippen molar-refractivity contribution < 1.29 is 46.1 Å². The van der Waals surface area contributed by atoms with Crippen LogP contribution in [0.3, 0.4) is 0 Å². The molecule has 0 aromatic heterocycles. The van der Waals surface area contributed by atoms with Crippen LogP contribution >= 0.6 is 0 Å². The fourth-order valence-electron chi connectivity index (χ4n) is 2.04. The Morgan fingerprint density at radius 2 is 1.90 bits per heavy atom. The Morgan fingerprint density at radius 3 is 2.70 bits per heavy atom. The summed E-state index contributed by atoms with van der Waals surface area (Å²) in [5, 5.41) is 32.6. The van der Waals surface area contributed by atoms with Crippen molar-refractivity contribution in [1.82, 2.24) is 5.32 Å². The van der Waals surface area contributed by atoms with Crippen molar-refractivity contribution in [1.29, 1.82) is 0 Å². The van der Waals surface area contributed by atoms with Crippen molar-refractivity contribution in [2.75, 3.05) is 26.2 Å². The van der Waals surface area contributed by atoms with E-state index < -0.39 is 117 Å². The van der Waals surface area contributed by atoms with Crippen molar-refractivity contribution in [2.24, 2.45) is 0 Å². The summed E-state index contributed by atoms with van der Waals surface area (Å²) in [6.45, 7) is -10.7. The van der Waals surface area contributed by atoms with Crippen LogP contribution in [-0.4, -0.2) is 41.5 Å². The van der Waals surface area contributed by atoms with Gasteiger partial charge in [0, 0.05) is 36.2 Å². The second kappa shape index (κ2) is 15.0. The highest BCUT2D eigenvalue weighted by molar-refractivity contribution is 5.36. The Balaban J connectivity index is 2.04. The largest absolute Gasteiger partial charge is 0.508 e. The second-order valence-electron chi connectivity index (χ2n) is 5.75. The highest BCUT2D eigenvalue weighted by Crippen LogP contribution is 2.22. The lowest BCUT2D eigenvalue weighted by atomic mass is 10.1. The highest BCUT2D eigenvalue weighted by Gasteiger charge is 2.09. The number of benzene rings is 2. The molecule has 2 rings (SSSR count). The van der Waals surface area contributed by atoms with Crippen molar-refractivity contribution in [3.63, 3.8) is 0 Å². The summed E-state index contributed by atoms with van der Waals surface area (Å²) in [5.41, 5.74) is -2.95. The number of aromatic hydroxyl groups is 1. The molecule has 166 valence electrons. The molecule has 0 saturated heterocycles. The minimum absolute atomic E-state index is 0.0710. The van der Waals surface area contributed by atoms with E-state index in [4.69, 9.17) is 30.8 Å². The third-order valence-electron chi connectivity index (χ3n) is 3.53. The van der Waals surface area contributed by atoms with Crippen molar-refractivity contribution in [2.45, 2.75) is 57.4 Å². The maximum Gasteiger partial charge on any atom is 0.121 e. The Kier molecular flexibility index (Phi) is 4.44. The molecule has 0 aliphatic rings. The van der Waals surface area contributed by atoms with Gasteiger partial charge in [0.25, 0.3) is 0 Å². The Hall–Kier alpha value is -1.92. The molecule has 0 aliphatic carbocycles. The lowest BCUT2D eigenvalue weighted by Gasteiger charge is -2.14. The molecule has 30 heavy (non-hydrogen) atoms. The van der Waals surface area contributed by atoms with Crippen molar-refractivity contribution >= 4 is 0 Å². The average molecular weight is 435 g/mol. The smallest absolute Gasteiger partial charge is 0.121 e. The number of unbranched alkanes of at least 4 members (excludes halogenated alkanes) is 1. The minimum Gasteiger partial charge on any atom is -0.508 e. The Morgan fingerprint density at radius 1 is 1.10 bits per heavy atom. The third kappa shape index (κ3) is 9.72. The van der Waals surface area contributed by atoms with E-state index in [1.54, 1.807) is 0 Å². The van der Waals surface area contributed by atoms with Crippen LogP contribution in [-0.2, 0) is 17.7 Å². The predicted octanol–water partition coefficient (Wildman–Crippen LogP) is 4.11. The first-order valence-electron chi connectivity index (χ1n) is 18.6. The molecular weight excluding hydrogens is 378 g/mol. The quantitative estimate of drug-likeness (QED) is 0.299.